The van der Waals surface area contributed by atoms with Crippen molar-refractivity contribution in [3.63, 3.8) is 0 Å². The van der Waals surface area contributed by atoms with Crippen molar-refractivity contribution in [2.24, 2.45) is 0 Å². The zero-order chi connectivity index (χ0) is 18.1. The summed E-state index contributed by atoms with van der Waals surface area (Å²) in [4.78, 5) is 22.1. The summed E-state index contributed by atoms with van der Waals surface area (Å²) in [7, 11) is 1.63. The summed E-state index contributed by atoms with van der Waals surface area (Å²) in [6.07, 6.45) is 6.26. The molecule has 0 aliphatic heterocycles. The van der Waals surface area contributed by atoms with Gasteiger partial charge in [0.2, 0.25) is 0 Å². The number of hydrogen-bond donors (Lipinski definition) is 2. The first-order valence-electron chi connectivity index (χ1n) is 8.65. The van der Waals surface area contributed by atoms with Gasteiger partial charge in [-0.15, -0.1) is 0 Å². The molecule has 0 spiro atoms. The lowest BCUT2D eigenvalue weighted by Gasteiger charge is -2.17. The van der Waals surface area contributed by atoms with E-state index in [-0.39, 0.29) is 11.8 Å². The Hall–Kier alpha value is -2.61. The molecule has 1 aromatic carbocycles. The summed E-state index contributed by atoms with van der Waals surface area (Å²) in [5, 5.41) is 0. The van der Waals surface area contributed by atoms with E-state index < -0.39 is 0 Å². The quantitative estimate of drug-likeness (QED) is 0.672. The van der Waals surface area contributed by atoms with Crippen molar-refractivity contribution in [2.45, 2.75) is 38.3 Å². The van der Waals surface area contributed by atoms with E-state index in [0.29, 0.717) is 33.8 Å². The van der Waals surface area contributed by atoms with Gasteiger partial charge in [0.1, 0.15) is 10.2 Å². The standard InChI is InChI=1S/C18H20N4O3S/c1-24-13-7-6-11(8-14(13)25-12-4-2-3-5-12)9-22-17(26)15-16(20-10-19-15)21-18(22)23/h6-8,10,12H,2-5,9H2,1H3,(H,19,20)(H,21,23). The van der Waals surface area contributed by atoms with Crippen molar-refractivity contribution in [1.82, 2.24) is 19.5 Å². The molecule has 26 heavy (non-hydrogen) atoms. The molecule has 0 radical (unpaired) electrons. The van der Waals surface area contributed by atoms with Crippen LogP contribution in [0.1, 0.15) is 31.2 Å². The maximum Gasteiger partial charge on any atom is 0.328 e. The second kappa shape index (κ2) is 6.95. The Morgan fingerprint density at radius 2 is 2.12 bits per heavy atom. The molecular formula is C18H20N4O3S. The Bertz CT molecular complexity index is 1050. The van der Waals surface area contributed by atoms with Gasteiger partial charge in [-0.2, -0.15) is 0 Å². The molecule has 0 unspecified atom stereocenters. The Balaban J connectivity index is 1.68. The van der Waals surface area contributed by atoms with Gasteiger partial charge in [-0.25, -0.2) is 9.78 Å². The van der Waals surface area contributed by atoms with E-state index in [9.17, 15) is 4.79 Å². The predicted octanol–water partition coefficient (Wildman–Crippen LogP) is 3.16. The molecule has 2 heterocycles. The lowest BCUT2D eigenvalue weighted by Crippen LogP contribution is -2.24. The first kappa shape index (κ1) is 16.8. The summed E-state index contributed by atoms with van der Waals surface area (Å²) in [5.74, 6) is 1.41. The van der Waals surface area contributed by atoms with E-state index in [4.69, 9.17) is 21.7 Å². The van der Waals surface area contributed by atoms with Crippen molar-refractivity contribution in [3.05, 3.63) is 45.2 Å². The Morgan fingerprint density at radius 1 is 1.31 bits per heavy atom. The van der Waals surface area contributed by atoms with E-state index in [1.807, 2.05) is 18.2 Å². The average Bonchev–Trinajstić information content (AvgIpc) is 3.30. The lowest BCUT2D eigenvalue weighted by molar-refractivity contribution is 0.200. The molecule has 136 valence electrons. The van der Waals surface area contributed by atoms with E-state index >= 15 is 0 Å². The van der Waals surface area contributed by atoms with E-state index in [2.05, 4.69) is 15.0 Å². The van der Waals surface area contributed by atoms with E-state index in [1.165, 1.54) is 23.7 Å². The van der Waals surface area contributed by atoms with Crippen LogP contribution in [-0.2, 0) is 6.54 Å². The van der Waals surface area contributed by atoms with Gasteiger partial charge in [0.05, 0.1) is 26.1 Å². The largest absolute Gasteiger partial charge is 0.493 e. The van der Waals surface area contributed by atoms with E-state index in [0.717, 1.165) is 18.4 Å². The van der Waals surface area contributed by atoms with Gasteiger partial charge in [-0.3, -0.25) is 9.55 Å². The minimum Gasteiger partial charge on any atom is -0.493 e. The first-order chi connectivity index (χ1) is 12.7. The Morgan fingerprint density at radius 3 is 2.88 bits per heavy atom. The lowest BCUT2D eigenvalue weighted by atomic mass is 10.2. The highest BCUT2D eigenvalue weighted by atomic mass is 32.1. The molecule has 0 saturated heterocycles. The molecule has 1 fully saturated rings. The molecule has 0 bridgehead atoms. The maximum atomic E-state index is 12.4. The SMILES string of the molecule is COc1ccc(Cn2c(=O)[nH]c3nc[nH]c3c2=S)cc1OC1CCCC1. The number of hydrogen-bond acceptors (Lipinski definition) is 5. The smallest absolute Gasteiger partial charge is 0.328 e. The molecule has 3 aromatic rings. The van der Waals surface area contributed by atoms with Gasteiger partial charge in [0.15, 0.2) is 17.1 Å². The van der Waals surface area contributed by atoms with Crippen LogP contribution in [0.4, 0.5) is 0 Å². The number of aromatic amines is 2. The van der Waals surface area contributed by atoms with Gasteiger partial charge in [0.25, 0.3) is 0 Å². The second-order valence-electron chi connectivity index (χ2n) is 6.46. The number of rotatable bonds is 5. The normalized spacial score (nSPS) is 14.8. The Kier molecular flexibility index (Phi) is 4.50. The van der Waals surface area contributed by atoms with Gasteiger partial charge >= 0.3 is 5.69 Å². The van der Waals surface area contributed by atoms with E-state index in [1.54, 1.807) is 7.11 Å². The molecule has 1 aliphatic rings. The number of nitrogens with zero attached hydrogens (tertiary/aromatic N) is 2. The van der Waals surface area contributed by atoms with Crippen LogP contribution in [0.15, 0.2) is 29.3 Å². The summed E-state index contributed by atoms with van der Waals surface area (Å²) in [5.41, 5.74) is 1.75. The number of nitrogens with one attached hydrogen (secondary N) is 2. The number of aromatic nitrogens is 4. The van der Waals surface area contributed by atoms with Gasteiger partial charge in [-0.05, 0) is 43.4 Å². The second-order valence-corrected chi connectivity index (χ2v) is 6.84. The summed E-state index contributed by atoms with van der Waals surface area (Å²) in [6, 6.07) is 5.71. The van der Waals surface area contributed by atoms with Crippen molar-refractivity contribution in [3.8, 4) is 11.5 Å². The highest BCUT2D eigenvalue weighted by Crippen LogP contribution is 2.32. The maximum absolute atomic E-state index is 12.4. The fourth-order valence-corrected chi connectivity index (χ4v) is 3.67. The van der Waals surface area contributed by atoms with Gasteiger partial charge < -0.3 is 14.5 Å². The molecule has 0 amide bonds. The molecule has 2 N–H and O–H groups in total. The number of benzene rings is 1. The third-order valence-electron chi connectivity index (χ3n) is 4.73. The summed E-state index contributed by atoms with van der Waals surface area (Å²) in [6.45, 7) is 0.341. The molecular weight excluding hydrogens is 352 g/mol. The zero-order valence-corrected chi connectivity index (χ0v) is 15.3. The van der Waals surface area contributed by atoms with Crippen LogP contribution in [0.2, 0.25) is 0 Å². The highest BCUT2D eigenvalue weighted by Gasteiger charge is 2.19. The topological polar surface area (TPSA) is 84.9 Å². The predicted molar refractivity (Wildman–Crippen MR) is 101 cm³/mol. The molecule has 0 atom stereocenters. The van der Waals surface area contributed by atoms with Crippen LogP contribution in [0.25, 0.3) is 11.2 Å². The third-order valence-corrected chi connectivity index (χ3v) is 5.16. The van der Waals surface area contributed by atoms with Crippen LogP contribution in [0.3, 0.4) is 0 Å². The van der Waals surface area contributed by atoms with Crippen molar-refractivity contribution in [2.75, 3.05) is 7.11 Å². The Labute approximate surface area is 155 Å². The molecule has 7 nitrogen and oxygen atoms in total. The number of ether oxygens (including phenoxy) is 2. The van der Waals surface area contributed by atoms with Crippen LogP contribution in [-0.4, -0.2) is 32.7 Å². The van der Waals surface area contributed by atoms with Crippen LogP contribution in [0.5, 0.6) is 11.5 Å². The molecule has 8 heteroatoms. The first-order valence-corrected chi connectivity index (χ1v) is 9.06. The van der Waals surface area contributed by atoms with Crippen LogP contribution >= 0.6 is 12.2 Å². The molecule has 1 saturated carbocycles. The van der Waals surface area contributed by atoms with Gasteiger partial charge in [-0.1, -0.05) is 18.3 Å². The molecule has 2 aromatic heterocycles. The monoisotopic (exact) mass is 372 g/mol. The number of methoxy groups -OCH3 is 1. The summed E-state index contributed by atoms with van der Waals surface area (Å²) < 4.78 is 13.5. The van der Waals surface area contributed by atoms with Crippen molar-refractivity contribution >= 4 is 23.4 Å². The average molecular weight is 372 g/mol. The van der Waals surface area contributed by atoms with Crippen molar-refractivity contribution < 1.29 is 9.47 Å². The highest BCUT2D eigenvalue weighted by molar-refractivity contribution is 7.71. The zero-order valence-electron chi connectivity index (χ0n) is 14.4. The minimum absolute atomic E-state index is 0.228. The third kappa shape index (κ3) is 3.12. The molecule has 4 rings (SSSR count). The minimum atomic E-state index is -0.288. The van der Waals surface area contributed by atoms with Crippen LogP contribution < -0.4 is 15.2 Å². The van der Waals surface area contributed by atoms with Crippen molar-refractivity contribution in [1.29, 1.82) is 0 Å². The number of imidazole rings is 1. The van der Waals surface area contributed by atoms with Gasteiger partial charge in [0, 0.05) is 0 Å². The van der Waals surface area contributed by atoms with Crippen LogP contribution in [0, 0.1) is 4.64 Å². The number of H-pyrrole nitrogens is 2. The fourth-order valence-electron chi connectivity index (χ4n) is 3.37. The molecule has 1 aliphatic carbocycles. The summed E-state index contributed by atoms with van der Waals surface area (Å²) >= 11 is 5.45. The number of fused-ring (bicyclic) bond motifs is 1. The fraction of sp³-hybridized carbons (Fsp3) is 0.389.